The number of hydrogen-bond acceptors (Lipinski definition) is 11. The second-order valence-corrected chi connectivity index (χ2v) is 15.0. The highest BCUT2D eigenvalue weighted by Gasteiger charge is 2.30. The molecule has 22 nitrogen and oxygen atoms in total. The molecule has 330 valence electrons. The summed E-state index contributed by atoms with van der Waals surface area (Å²) in [6.07, 6.45) is 0.657. The number of aliphatic imine (C=N–C) groups is 1. The van der Waals surface area contributed by atoms with Crippen molar-refractivity contribution in [2.24, 2.45) is 39.9 Å². The highest BCUT2D eigenvalue weighted by atomic mass is 16.4. The molecular formula is C36H66N12O10. The first-order valence-electron chi connectivity index (χ1n) is 19.3. The van der Waals surface area contributed by atoms with Crippen LogP contribution < -0.4 is 59.7 Å². The highest BCUT2D eigenvalue weighted by Crippen LogP contribution is 2.08. The lowest BCUT2D eigenvalue weighted by molar-refractivity contribution is -0.142. The lowest BCUT2D eigenvalue weighted by Gasteiger charge is -2.25. The van der Waals surface area contributed by atoms with Crippen LogP contribution in [0.3, 0.4) is 0 Å². The van der Waals surface area contributed by atoms with Crippen molar-refractivity contribution in [3.63, 3.8) is 0 Å². The maximum Gasteiger partial charge on any atom is 0.326 e. The number of guanidine groups is 1. The van der Waals surface area contributed by atoms with Crippen LogP contribution >= 0.6 is 0 Å². The van der Waals surface area contributed by atoms with Gasteiger partial charge in [-0.05, 0) is 56.8 Å². The number of nitrogens with zero attached hydrogens (tertiary/aromatic N) is 1. The van der Waals surface area contributed by atoms with E-state index in [2.05, 4.69) is 47.5 Å². The molecule has 0 rings (SSSR count). The van der Waals surface area contributed by atoms with Crippen LogP contribution in [0.5, 0.6) is 0 Å². The second-order valence-electron chi connectivity index (χ2n) is 15.0. The predicted molar refractivity (Wildman–Crippen MR) is 214 cm³/mol. The van der Waals surface area contributed by atoms with E-state index >= 15 is 0 Å². The molecule has 8 amide bonds. The molecule has 0 bridgehead atoms. The molecule has 0 aromatic carbocycles. The zero-order valence-corrected chi connectivity index (χ0v) is 34.9. The average molecular weight is 827 g/mol. The number of amides is 8. The van der Waals surface area contributed by atoms with Crippen molar-refractivity contribution < 1.29 is 48.3 Å². The molecular weight excluding hydrogens is 760 g/mol. The first-order chi connectivity index (χ1) is 27.0. The Hall–Kier alpha value is -5.54. The smallest absolute Gasteiger partial charge is 0.326 e. The number of carbonyl (C=O) groups excluding carboxylic acids is 8. The molecule has 4 unspecified atom stereocenters. The number of carboxylic acid groups (broad SMARTS) is 1. The minimum absolute atomic E-state index is 0.0132. The minimum Gasteiger partial charge on any atom is -0.480 e. The normalized spacial score (nSPS) is 14.1. The summed E-state index contributed by atoms with van der Waals surface area (Å²) in [5.41, 5.74) is 16.5. The molecule has 0 saturated carbocycles. The van der Waals surface area contributed by atoms with Gasteiger partial charge in [-0.3, -0.25) is 43.3 Å². The van der Waals surface area contributed by atoms with Gasteiger partial charge in [0, 0.05) is 6.54 Å². The quantitative estimate of drug-likeness (QED) is 0.0217. The van der Waals surface area contributed by atoms with Gasteiger partial charge in [0.05, 0.1) is 25.7 Å². The van der Waals surface area contributed by atoms with Crippen LogP contribution in [0.15, 0.2) is 4.99 Å². The monoisotopic (exact) mass is 827 g/mol. The Morgan fingerprint density at radius 3 is 1.50 bits per heavy atom. The Morgan fingerprint density at radius 1 is 0.569 bits per heavy atom. The Morgan fingerprint density at radius 2 is 1.02 bits per heavy atom. The molecule has 0 saturated heterocycles. The topological polar surface area (TPSA) is 361 Å². The largest absolute Gasteiger partial charge is 0.480 e. The third kappa shape index (κ3) is 22.3. The van der Waals surface area contributed by atoms with Crippen molar-refractivity contribution >= 4 is 59.2 Å². The van der Waals surface area contributed by atoms with E-state index < -0.39 is 109 Å². The molecule has 0 aliphatic carbocycles. The van der Waals surface area contributed by atoms with E-state index in [-0.39, 0.29) is 62.4 Å². The van der Waals surface area contributed by atoms with Gasteiger partial charge >= 0.3 is 5.97 Å². The van der Waals surface area contributed by atoms with Crippen molar-refractivity contribution in [1.29, 1.82) is 0 Å². The molecule has 0 heterocycles. The van der Waals surface area contributed by atoms with Gasteiger partial charge in [0.25, 0.3) is 0 Å². The minimum atomic E-state index is -1.23. The number of hydrogen-bond donors (Lipinski definition) is 12. The van der Waals surface area contributed by atoms with Crippen LogP contribution in [0.4, 0.5) is 0 Å². The van der Waals surface area contributed by atoms with Crippen LogP contribution in [0, 0.1) is 17.8 Å². The van der Waals surface area contributed by atoms with E-state index in [1.54, 1.807) is 34.6 Å². The summed E-state index contributed by atoms with van der Waals surface area (Å²) >= 11 is 0. The summed E-state index contributed by atoms with van der Waals surface area (Å²) in [4.78, 5) is 118. The third-order valence-corrected chi connectivity index (χ3v) is 8.38. The van der Waals surface area contributed by atoms with Crippen molar-refractivity contribution in [3.05, 3.63) is 0 Å². The summed E-state index contributed by atoms with van der Waals surface area (Å²) in [6, 6.07) is -6.58. The Labute approximate surface area is 339 Å². The van der Waals surface area contributed by atoms with Gasteiger partial charge in [0.1, 0.15) is 30.2 Å². The van der Waals surface area contributed by atoms with Gasteiger partial charge in [-0.15, -0.1) is 0 Å². The molecule has 0 fully saturated rings. The standard InChI is InChI=1S/C36H66N12O10/c1-9-22(32(54)48-24(13-18(2)3)31(53)42-17-28(51)46-25(35(57)58)14-19(4)5)47-33(55)23(11-10-12-40-36(38)39)45-27(50)16-41-30(52)21(8)44-26(49)15-43-34(56)29(37)20(6)7/h18-25,29H,9-17,37H2,1-8H3,(H,41,52)(H,42,53)(H,43,56)(H,44,49)(H,45,50)(H,46,51)(H,47,55)(H,48,54)(H,57,58)(H4,38,39,40)/t21?,22?,23?,24-,25-,29?/m0/s1. The van der Waals surface area contributed by atoms with Gasteiger partial charge in [-0.25, -0.2) is 4.79 Å². The zero-order valence-electron chi connectivity index (χ0n) is 34.9. The lowest BCUT2D eigenvalue weighted by Crippen LogP contribution is -2.57. The highest BCUT2D eigenvalue weighted by molar-refractivity contribution is 5.96. The number of nitrogens with two attached hydrogens (primary N) is 3. The molecule has 6 atom stereocenters. The first-order valence-corrected chi connectivity index (χ1v) is 19.3. The Balaban J connectivity index is 5.57. The van der Waals surface area contributed by atoms with Crippen molar-refractivity contribution in [2.45, 2.75) is 124 Å². The van der Waals surface area contributed by atoms with Crippen LogP contribution in [0.25, 0.3) is 0 Å². The van der Waals surface area contributed by atoms with Crippen LogP contribution in [-0.4, -0.2) is 127 Å². The molecule has 0 aliphatic heterocycles. The zero-order chi connectivity index (χ0) is 44.7. The van der Waals surface area contributed by atoms with Gasteiger partial charge in [0.2, 0.25) is 47.3 Å². The Bertz CT molecular complexity index is 1450. The van der Waals surface area contributed by atoms with Gasteiger partial charge < -0.3 is 64.8 Å². The van der Waals surface area contributed by atoms with Gasteiger partial charge in [-0.2, -0.15) is 0 Å². The van der Waals surface area contributed by atoms with Crippen LogP contribution in [0.2, 0.25) is 0 Å². The number of carbonyl (C=O) groups is 9. The average Bonchev–Trinajstić information content (AvgIpc) is 3.13. The van der Waals surface area contributed by atoms with Crippen molar-refractivity contribution in [1.82, 2.24) is 42.5 Å². The number of carboxylic acids is 1. The molecule has 0 aliphatic rings. The third-order valence-electron chi connectivity index (χ3n) is 8.38. The Kier molecular flexibility index (Phi) is 24.6. The van der Waals surface area contributed by atoms with E-state index in [9.17, 15) is 48.3 Å². The number of rotatable bonds is 27. The summed E-state index contributed by atoms with van der Waals surface area (Å²) in [5.74, 6) is -7.29. The summed E-state index contributed by atoms with van der Waals surface area (Å²) < 4.78 is 0. The van der Waals surface area contributed by atoms with Gasteiger partial charge in [-0.1, -0.05) is 48.5 Å². The molecule has 22 heteroatoms. The predicted octanol–water partition coefficient (Wildman–Crippen LogP) is -3.60. The summed E-state index contributed by atoms with van der Waals surface area (Å²) in [5, 5.41) is 29.0. The summed E-state index contributed by atoms with van der Waals surface area (Å²) in [7, 11) is 0. The molecule has 0 aromatic rings. The molecule has 58 heavy (non-hydrogen) atoms. The number of nitrogens with one attached hydrogen (secondary N) is 8. The summed E-state index contributed by atoms with van der Waals surface area (Å²) in [6.45, 7) is 12.2. The fraction of sp³-hybridized carbons (Fsp3) is 0.722. The van der Waals surface area contributed by atoms with E-state index in [1.807, 2.05) is 13.8 Å². The van der Waals surface area contributed by atoms with E-state index in [0.717, 1.165) is 0 Å². The second kappa shape index (κ2) is 27.2. The molecule has 0 radical (unpaired) electrons. The van der Waals surface area contributed by atoms with Crippen LogP contribution in [-0.2, 0) is 43.2 Å². The maximum atomic E-state index is 13.5. The maximum absolute atomic E-state index is 13.5. The SMILES string of the molecule is CCC(NC(=O)C(CCCN=C(N)N)NC(=O)CNC(=O)C(C)NC(=O)CNC(=O)C(N)C(C)C)C(=O)N[C@@H](CC(C)C)C(=O)NCC(=O)N[C@@H](CC(C)C)C(=O)O. The van der Waals surface area contributed by atoms with Gasteiger partial charge in [0.15, 0.2) is 5.96 Å². The van der Waals surface area contributed by atoms with E-state index in [1.165, 1.54) is 6.92 Å². The van der Waals surface area contributed by atoms with Crippen molar-refractivity contribution in [3.8, 4) is 0 Å². The van der Waals surface area contributed by atoms with Crippen molar-refractivity contribution in [2.75, 3.05) is 26.2 Å². The number of aliphatic carboxylic acids is 1. The fourth-order valence-corrected chi connectivity index (χ4v) is 5.11. The lowest BCUT2D eigenvalue weighted by atomic mass is 10.0. The molecule has 0 aromatic heterocycles. The fourth-order valence-electron chi connectivity index (χ4n) is 5.11. The van der Waals surface area contributed by atoms with Crippen LogP contribution in [0.1, 0.15) is 87.5 Å². The molecule has 0 spiro atoms. The molecule has 15 N–H and O–H groups in total. The first kappa shape index (κ1) is 52.5. The van der Waals surface area contributed by atoms with E-state index in [4.69, 9.17) is 17.2 Å². The van der Waals surface area contributed by atoms with E-state index in [0.29, 0.717) is 0 Å².